The highest BCUT2D eigenvalue weighted by Gasteiger charge is 2.22. The van der Waals surface area contributed by atoms with Crippen LogP contribution in [0, 0.1) is 0 Å². The molecular formula is C18H12OS. The van der Waals surface area contributed by atoms with E-state index in [0.717, 1.165) is 10.9 Å². The van der Waals surface area contributed by atoms with Gasteiger partial charge in [0, 0.05) is 5.56 Å². The highest BCUT2D eigenvalue weighted by atomic mass is 32.1. The summed E-state index contributed by atoms with van der Waals surface area (Å²) in [6.07, 6.45) is 0. The van der Waals surface area contributed by atoms with Crippen molar-refractivity contribution in [3.05, 3.63) is 60.2 Å². The number of carbonyl (C=O) groups is 1. The van der Waals surface area contributed by atoms with Crippen LogP contribution in [0.5, 0.6) is 0 Å². The summed E-state index contributed by atoms with van der Waals surface area (Å²) < 4.78 is 0. The van der Waals surface area contributed by atoms with E-state index in [1.165, 1.54) is 27.6 Å². The van der Waals surface area contributed by atoms with Crippen LogP contribution >= 0.6 is 12.6 Å². The van der Waals surface area contributed by atoms with E-state index in [1.807, 2.05) is 18.2 Å². The molecule has 3 aromatic rings. The minimum atomic E-state index is 0.0768. The van der Waals surface area contributed by atoms with E-state index in [2.05, 4.69) is 49.0 Å². The Morgan fingerprint density at radius 2 is 1.45 bits per heavy atom. The van der Waals surface area contributed by atoms with Crippen LogP contribution < -0.4 is 0 Å². The number of thiol groups is 1. The number of ketones is 1. The summed E-state index contributed by atoms with van der Waals surface area (Å²) in [7, 11) is 0. The van der Waals surface area contributed by atoms with E-state index in [4.69, 9.17) is 0 Å². The lowest BCUT2D eigenvalue weighted by Gasteiger charge is -2.07. The zero-order valence-corrected chi connectivity index (χ0v) is 11.7. The lowest BCUT2D eigenvalue weighted by atomic mass is 9.97. The molecule has 2 heteroatoms. The second kappa shape index (κ2) is 4.22. The third-order valence-corrected chi connectivity index (χ3v) is 4.28. The smallest absolute Gasteiger partial charge is 0.173 e. The van der Waals surface area contributed by atoms with E-state index >= 15 is 0 Å². The quantitative estimate of drug-likeness (QED) is 0.418. The molecule has 0 heterocycles. The van der Waals surface area contributed by atoms with Crippen LogP contribution in [0.2, 0.25) is 0 Å². The Balaban J connectivity index is 2.16. The Morgan fingerprint density at radius 1 is 0.800 bits per heavy atom. The number of hydrogen-bond donors (Lipinski definition) is 1. The molecule has 0 unspecified atom stereocenters. The summed E-state index contributed by atoms with van der Waals surface area (Å²) in [5.74, 6) is 0.319. The van der Waals surface area contributed by atoms with Gasteiger partial charge in [-0.25, -0.2) is 0 Å². The van der Waals surface area contributed by atoms with Crippen LogP contribution in [-0.2, 0) is 0 Å². The minimum absolute atomic E-state index is 0.0768. The fourth-order valence-corrected chi connectivity index (χ4v) is 3.31. The first-order chi connectivity index (χ1) is 9.81. The molecule has 0 saturated carbocycles. The van der Waals surface area contributed by atoms with Gasteiger partial charge in [0.25, 0.3) is 0 Å². The van der Waals surface area contributed by atoms with Crippen molar-refractivity contribution in [2.45, 2.75) is 0 Å². The molecule has 0 bridgehead atoms. The van der Waals surface area contributed by atoms with Gasteiger partial charge < -0.3 is 0 Å². The zero-order valence-electron chi connectivity index (χ0n) is 10.8. The summed E-state index contributed by atoms with van der Waals surface area (Å²) in [4.78, 5) is 12.1. The number of fused-ring (bicyclic) bond motifs is 3. The van der Waals surface area contributed by atoms with Gasteiger partial charge in [0.1, 0.15) is 0 Å². The lowest BCUT2D eigenvalue weighted by molar-refractivity contribution is 0.102. The van der Waals surface area contributed by atoms with Crippen LogP contribution in [-0.4, -0.2) is 11.5 Å². The largest absolute Gasteiger partial charge is 0.293 e. The zero-order chi connectivity index (χ0) is 13.7. The summed E-state index contributed by atoms with van der Waals surface area (Å²) in [5.41, 5.74) is 5.73. The van der Waals surface area contributed by atoms with E-state index in [0.29, 0.717) is 0 Å². The average molecular weight is 276 g/mol. The van der Waals surface area contributed by atoms with Crippen LogP contribution in [0.25, 0.3) is 33.0 Å². The maximum atomic E-state index is 12.1. The van der Waals surface area contributed by atoms with Gasteiger partial charge in [-0.05, 0) is 33.0 Å². The molecule has 1 aliphatic carbocycles. The highest BCUT2D eigenvalue weighted by Crippen LogP contribution is 2.47. The topological polar surface area (TPSA) is 17.1 Å². The first kappa shape index (κ1) is 11.7. The normalized spacial score (nSPS) is 11.7. The lowest BCUT2D eigenvalue weighted by Crippen LogP contribution is -2.01. The molecule has 0 saturated heterocycles. The molecular weight excluding hydrogens is 264 g/mol. The van der Waals surface area contributed by atoms with Gasteiger partial charge in [-0.15, -0.1) is 0 Å². The first-order valence-corrected chi connectivity index (χ1v) is 7.24. The number of benzene rings is 3. The van der Waals surface area contributed by atoms with Crippen molar-refractivity contribution in [1.82, 2.24) is 0 Å². The van der Waals surface area contributed by atoms with E-state index < -0.39 is 0 Å². The van der Waals surface area contributed by atoms with Crippen LogP contribution in [0.3, 0.4) is 0 Å². The van der Waals surface area contributed by atoms with Crippen LogP contribution in [0.1, 0.15) is 10.4 Å². The number of carbonyl (C=O) groups excluding carboxylic acids is 1. The molecule has 0 spiro atoms. The average Bonchev–Trinajstić information content (AvgIpc) is 2.84. The van der Waals surface area contributed by atoms with Gasteiger partial charge in [0.2, 0.25) is 0 Å². The Labute approximate surface area is 122 Å². The van der Waals surface area contributed by atoms with E-state index in [1.54, 1.807) is 0 Å². The third-order valence-electron chi connectivity index (χ3n) is 3.99. The molecule has 96 valence electrons. The van der Waals surface area contributed by atoms with Crippen molar-refractivity contribution in [2.75, 3.05) is 5.75 Å². The van der Waals surface area contributed by atoms with E-state index in [9.17, 15) is 4.79 Å². The molecule has 0 N–H and O–H groups in total. The molecule has 0 fully saturated rings. The van der Waals surface area contributed by atoms with Crippen molar-refractivity contribution in [3.8, 4) is 22.3 Å². The van der Waals surface area contributed by atoms with Crippen molar-refractivity contribution < 1.29 is 4.79 Å². The van der Waals surface area contributed by atoms with Gasteiger partial charge in [-0.1, -0.05) is 54.6 Å². The first-order valence-electron chi connectivity index (χ1n) is 6.61. The summed E-state index contributed by atoms with van der Waals surface area (Å²) in [6, 6.07) is 18.6. The monoisotopic (exact) mass is 276 g/mol. The molecule has 0 aromatic heterocycles. The second-order valence-electron chi connectivity index (χ2n) is 5.02. The highest BCUT2D eigenvalue weighted by molar-refractivity contribution is 7.81. The molecule has 1 nitrogen and oxygen atoms in total. The molecule has 20 heavy (non-hydrogen) atoms. The van der Waals surface area contributed by atoms with Gasteiger partial charge in [-0.2, -0.15) is 12.6 Å². The predicted molar refractivity (Wildman–Crippen MR) is 86.6 cm³/mol. The van der Waals surface area contributed by atoms with Crippen molar-refractivity contribution >= 4 is 29.2 Å². The van der Waals surface area contributed by atoms with Gasteiger partial charge in [-0.3, -0.25) is 4.79 Å². The van der Waals surface area contributed by atoms with Crippen LogP contribution in [0.15, 0.2) is 54.6 Å². The number of Topliss-reactive ketones (excluding diaryl/α,β-unsaturated/α-hetero) is 1. The molecule has 1 aliphatic rings. The van der Waals surface area contributed by atoms with Crippen LogP contribution in [0.4, 0.5) is 0 Å². The Bertz CT molecular complexity index is 835. The predicted octanol–water partition coefficient (Wildman–Crippen LogP) is 4.60. The third kappa shape index (κ3) is 1.43. The molecule has 3 aromatic carbocycles. The molecule has 0 atom stereocenters. The second-order valence-corrected chi connectivity index (χ2v) is 5.33. The number of hydrogen-bond acceptors (Lipinski definition) is 2. The molecule has 0 radical (unpaired) electrons. The summed E-state index contributed by atoms with van der Waals surface area (Å²) in [5, 5.41) is 2.23. The molecule has 0 aliphatic heterocycles. The molecule has 0 amide bonds. The maximum Gasteiger partial charge on any atom is 0.173 e. The van der Waals surface area contributed by atoms with Gasteiger partial charge in [0.05, 0.1) is 5.75 Å². The van der Waals surface area contributed by atoms with Gasteiger partial charge >= 0.3 is 0 Å². The maximum absolute atomic E-state index is 12.1. The summed E-state index contributed by atoms with van der Waals surface area (Å²) >= 11 is 4.12. The van der Waals surface area contributed by atoms with Gasteiger partial charge in [0.15, 0.2) is 5.78 Å². The fraction of sp³-hybridized carbons (Fsp3) is 0.0556. The Hall–Kier alpha value is -2.06. The Morgan fingerprint density at radius 3 is 2.15 bits per heavy atom. The number of rotatable bonds is 2. The van der Waals surface area contributed by atoms with Crippen molar-refractivity contribution in [3.63, 3.8) is 0 Å². The fourth-order valence-electron chi connectivity index (χ4n) is 3.14. The standard InChI is InChI=1S/C18H12OS/c19-17(10-20)13-8-9-16-12-5-2-1-4-11(12)14-6-3-7-15(13)18(14)16/h1-9,20H,10H2. The summed E-state index contributed by atoms with van der Waals surface area (Å²) in [6.45, 7) is 0. The molecule has 4 rings (SSSR count). The van der Waals surface area contributed by atoms with Crippen molar-refractivity contribution in [1.29, 1.82) is 0 Å². The SMILES string of the molecule is O=C(CS)c1ccc2c3c(cccc13)-c1ccccc1-2. The Kier molecular flexibility index (Phi) is 2.48. The van der Waals surface area contributed by atoms with Crippen molar-refractivity contribution in [2.24, 2.45) is 0 Å². The van der Waals surface area contributed by atoms with E-state index in [-0.39, 0.29) is 11.5 Å². The minimum Gasteiger partial charge on any atom is -0.293 e.